The zero-order chi connectivity index (χ0) is 12.7. The summed E-state index contributed by atoms with van der Waals surface area (Å²) in [5.74, 6) is 0. The number of rotatable bonds is 0. The van der Waals surface area contributed by atoms with Crippen molar-refractivity contribution in [1.29, 1.82) is 0 Å². The Balaban J connectivity index is 0.000000249. The molecule has 0 radical (unpaired) electrons. The average molecular weight is 284 g/mol. The molecule has 0 aliphatic heterocycles. The number of hydrogen-bond acceptors (Lipinski definition) is 0. The van der Waals surface area contributed by atoms with Crippen LogP contribution in [0.15, 0.2) is 97.1 Å². The zero-order valence-electron chi connectivity index (χ0n) is 10.6. The second kappa shape index (κ2) is 14.3. The van der Waals surface area contributed by atoms with E-state index in [1.54, 1.807) is 0 Å². The molecule has 0 heterocycles. The Bertz CT molecular complexity index is 296. The molecule has 0 unspecified atom stereocenters. The van der Waals surface area contributed by atoms with Crippen molar-refractivity contribution < 1.29 is 17.4 Å². The summed E-state index contributed by atoms with van der Waals surface area (Å²) in [7, 11) is 0. The van der Waals surface area contributed by atoms with Crippen LogP contribution in [0.2, 0.25) is 0 Å². The maximum atomic E-state index is 2.89. The summed E-state index contributed by atoms with van der Waals surface area (Å²) in [5, 5.41) is 0. The molecular weight excluding hydrogens is 268 g/mol. The third-order valence-corrected chi connectivity index (χ3v) is 1.88. The molecule has 0 aliphatic carbocycles. The van der Waals surface area contributed by atoms with Gasteiger partial charge in [0.05, 0.1) is 0 Å². The molecule has 0 amide bonds. The molecule has 3 rings (SSSR count). The van der Waals surface area contributed by atoms with Crippen molar-refractivity contribution >= 4 is 0 Å². The largest absolute Gasteiger partial charge is 2.00 e. The van der Waals surface area contributed by atoms with E-state index in [2.05, 4.69) is 12.1 Å². The van der Waals surface area contributed by atoms with Crippen LogP contribution in [0, 0.1) is 12.1 Å². The van der Waals surface area contributed by atoms with Crippen LogP contribution in [0.3, 0.4) is 0 Å². The van der Waals surface area contributed by atoms with Gasteiger partial charge in [0.25, 0.3) is 0 Å². The summed E-state index contributed by atoms with van der Waals surface area (Å²) in [5.41, 5.74) is 0. The first kappa shape index (κ1) is 17.2. The molecule has 1 heteroatoms. The number of hydrogen-bond donors (Lipinski definition) is 0. The molecule has 0 bridgehead atoms. The molecule has 0 saturated carbocycles. The van der Waals surface area contributed by atoms with E-state index < -0.39 is 0 Å². The summed E-state index contributed by atoms with van der Waals surface area (Å²) in [4.78, 5) is 0. The van der Waals surface area contributed by atoms with Gasteiger partial charge in [-0.15, -0.1) is 0 Å². The second-order valence-electron chi connectivity index (χ2n) is 3.31. The normalized spacial score (nSPS) is 7.58. The van der Waals surface area contributed by atoms with Crippen molar-refractivity contribution in [1.82, 2.24) is 0 Å². The standard InChI is InChI=1S/C6H6.2C6H5.Cr/c3*1-2-4-6-5-3-1;/h1-6H;2*1-5H;/q;2*-1;+2. The molecule has 0 spiro atoms. The Labute approximate surface area is 126 Å². The molecule has 0 saturated heterocycles. The first-order valence-corrected chi connectivity index (χ1v) is 5.82. The van der Waals surface area contributed by atoms with Crippen LogP contribution in [0.1, 0.15) is 0 Å². The van der Waals surface area contributed by atoms with E-state index in [0.717, 1.165) is 0 Å². The van der Waals surface area contributed by atoms with Crippen molar-refractivity contribution in [3.8, 4) is 0 Å². The minimum absolute atomic E-state index is 0. The van der Waals surface area contributed by atoms with Crippen molar-refractivity contribution in [2.24, 2.45) is 0 Å². The monoisotopic (exact) mass is 284 g/mol. The third kappa shape index (κ3) is 12.4. The summed E-state index contributed by atoms with van der Waals surface area (Å²) in [6.45, 7) is 0. The van der Waals surface area contributed by atoms with Crippen molar-refractivity contribution in [2.75, 3.05) is 0 Å². The Morgan fingerprint density at radius 2 is 0.526 bits per heavy atom. The van der Waals surface area contributed by atoms with E-state index >= 15 is 0 Å². The average Bonchev–Trinajstić information content (AvgIpc) is 2.54. The van der Waals surface area contributed by atoms with Crippen LogP contribution in [-0.4, -0.2) is 0 Å². The van der Waals surface area contributed by atoms with Gasteiger partial charge in [-0.1, -0.05) is 36.4 Å². The Kier molecular flexibility index (Phi) is 12.9. The van der Waals surface area contributed by atoms with Gasteiger partial charge < -0.3 is 0 Å². The second-order valence-corrected chi connectivity index (χ2v) is 3.31. The third-order valence-electron chi connectivity index (χ3n) is 1.88. The Hall–Kier alpha value is -1.81. The van der Waals surface area contributed by atoms with E-state index in [9.17, 15) is 0 Å². The molecule has 0 nitrogen and oxygen atoms in total. The Morgan fingerprint density at radius 3 is 0.632 bits per heavy atom. The maximum Gasteiger partial charge on any atom is 2.00 e. The van der Waals surface area contributed by atoms with Gasteiger partial charge in [0.15, 0.2) is 0 Å². The molecule has 3 aromatic rings. The molecule has 3 aromatic carbocycles. The van der Waals surface area contributed by atoms with E-state index in [4.69, 9.17) is 0 Å². The van der Waals surface area contributed by atoms with E-state index in [1.807, 2.05) is 97.1 Å². The van der Waals surface area contributed by atoms with Crippen LogP contribution in [0.5, 0.6) is 0 Å². The summed E-state index contributed by atoms with van der Waals surface area (Å²) < 4.78 is 0. The molecule has 0 fully saturated rings. The van der Waals surface area contributed by atoms with Crippen LogP contribution >= 0.6 is 0 Å². The summed E-state index contributed by atoms with van der Waals surface area (Å²) >= 11 is 0. The predicted octanol–water partition coefficient (Wildman–Crippen LogP) is 4.66. The van der Waals surface area contributed by atoms with Crippen LogP contribution < -0.4 is 0 Å². The van der Waals surface area contributed by atoms with Gasteiger partial charge in [0.2, 0.25) is 0 Å². The molecule has 19 heavy (non-hydrogen) atoms. The van der Waals surface area contributed by atoms with Gasteiger partial charge in [-0.3, -0.25) is 0 Å². The SMILES string of the molecule is [Cr+2].[c-]1ccccc1.[c-]1ccccc1.c1ccccc1. The summed E-state index contributed by atoms with van der Waals surface area (Å²) in [6.07, 6.45) is 0. The van der Waals surface area contributed by atoms with Gasteiger partial charge in [-0.2, -0.15) is 72.8 Å². The molecule has 0 aliphatic rings. The maximum absolute atomic E-state index is 2.89. The fraction of sp³-hybridized carbons (Fsp3) is 0. The van der Waals surface area contributed by atoms with Crippen LogP contribution in [0.25, 0.3) is 0 Å². The van der Waals surface area contributed by atoms with Crippen molar-refractivity contribution in [3.63, 3.8) is 0 Å². The summed E-state index contributed by atoms with van der Waals surface area (Å²) in [6, 6.07) is 37.0. The minimum Gasteiger partial charge on any atom is -0.184 e. The minimum atomic E-state index is 0. The van der Waals surface area contributed by atoms with E-state index in [1.165, 1.54) is 0 Å². The zero-order valence-corrected chi connectivity index (χ0v) is 11.9. The van der Waals surface area contributed by atoms with Crippen LogP contribution in [-0.2, 0) is 17.4 Å². The van der Waals surface area contributed by atoms with Gasteiger partial charge in [0.1, 0.15) is 0 Å². The topological polar surface area (TPSA) is 0 Å². The fourth-order valence-corrected chi connectivity index (χ4v) is 1.07. The van der Waals surface area contributed by atoms with E-state index in [0.29, 0.717) is 0 Å². The molecule has 0 aromatic heterocycles. The van der Waals surface area contributed by atoms with Gasteiger partial charge in [0, 0.05) is 0 Å². The first-order chi connectivity index (χ1) is 9.00. The van der Waals surface area contributed by atoms with E-state index in [-0.39, 0.29) is 17.4 Å². The smallest absolute Gasteiger partial charge is 0.184 e. The van der Waals surface area contributed by atoms with Gasteiger partial charge in [-0.25, -0.2) is 0 Å². The van der Waals surface area contributed by atoms with Crippen molar-refractivity contribution in [3.05, 3.63) is 109 Å². The Morgan fingerprint density at radius 1 is 0.316 bits per heavy atom. The van der Waals surface area contributed by atoms with Crippen LogP contribution in [0.4, 0.5) is 0 Å². The first-order valence-electron chi connectivity index (χ1n) is 5.82. The predicted molar refractivity (Wildman–Crippen MR) is 77.0 cm³/mol. The molecule has 0 atom stereocenters. The molecule has 0 N–H and O–H groups in total. The fourth-order valence-electron chi connectivity index (χ4n) is 1.07. The molecule has 94 valence electrons. The molecular formula is C18H16Cr. The number of benzene rings is 3. The van der Waals surface area contributed by atoms with Gasteiger partial charge >= 0.3 is 17.4 Å². The quantitative estimate of drug-likeness (QED) is 0.527. The van der Waals surface area contributed by atoms with Crippen molar-refractivity contribution in [2.45, 2.75) is 0 Å². The van der Waals surface area contributed by atoms with Gasteiger partial charge in [-0.05, 0) is 0 Å².